The van der Waals surface area contributed by atoms with E-state index < -0.39 is 0 Å². The van der Waals surface area contributed by atoms with E-state index in [-0.39, 0.29) is 5.78 Å². The van der Waals surface area contributed by atoms with Crippen LogP contribution in [0.25, 0.3) is 0 Å². The molecule has 1 nitrogen and oxygen atoms in total. The van der Waals surface area contributed by atoms with Crippen molar-refractivity contribution in [1.29, 1.82) is 0 Å². The zero-order chi connectivity index (χ0) is 9.68. The number of hydrogen-bond donors (Lipinski definition) is 0. The van der Waals surface area contributed by atoms with Gasteiger partial charge in [-0.2, -0.15) is 0 Å². The van der Waals surface area contributed by atoms with Gasteiger partial charge in [0.15, 0.2) is 0 Å². The second-order valence-corrected chi connectivity index (χ2v) is 5.55. The van der Waals surface area contributed by atoms with Crippen LogP contribution in [0, 0.1) is 0 Å². The molecule has 0 aromatic heterocycles. The van der Waals surface area contributed by atoms with E-state index in [1.165, 1.54) is 8.93 Å². The fourth-order valence-corrected chi connectivity index (χ4v) is 2.86. The minimum atomic E-state index is 0.135. The zero-order valence-corrected chi connectivity index (χ0v) is 9.49. The van der Waals surface area contributed by atoms with Crippen LogP contribution in [-0.2, 0) is 4.79 Å². The molecular formula is C11H12OSe. The predicted molar refractivity (Wildman–Crippen MR) is 56.3 cm³/mol. The Bertz CT molecular complexity index is 314. The summed E-state index contributed by atoms with van der Waals surface area (Å²) in [4.78, 5) is 10.8. The summed E-state index contributed by atoms with van der Waals surface area (Å²) in [6, 6.07) is 10.2. The average molecular weight is 239 g/mol. The number of rotatable bonds is 3. The van der Waals surface area contributed by atoms with Crippen molar-refractivity contribution in [3.05, 3.63) is 40.9 Å². The van der Waals surface area contributed by atoms with Gasteiger partial charge in [-0.3, -0.25) is 0 Å². The van der Waals surface area contributed by atoms with Crippen molar-refractivity contribution >= 4 is 25.2 Å². The number of benzene rings is 1. The van der Waals surface area contributed by atoms with Crippen LogP contribution in [0.15, 0.2) is 40.9 Å². The van der Waals surface area contributed by atoms with Crippen LogP contribution in [0.1, 0.15) is 13.8 Å². The van der Waals surface area contributed by atoms with Crippen LogP contribution in [0.2, 0.25) is 0 Å². The van der Waals surface area contributed by atoms with Gasteiger partial charge in [0.25, 0.3) is 0 Å². The number of ketones is 1. The molecule has 0 spiro atoms. The molecule has 2 heteroatoms. The van der Waals surface area contributed by atoms with E-state index in [1.807, 2.05) is 25.1 Å². The summed E-state index contributed by atoms with van der Waals surface area (Å²) in [6.07, 6.45) is 1.72. The monoisotopic (exact) mass is 240 g/mol. The molecule has 1 aromatic carbocycles. The maximum atomic E-state index is 10.8. The van der Waals surface area contributed by atoms with Gasteiger partial charge in [-0.15, -0.1) is 0 Å². The Hall–Kier alpha value is -0.851. The maximum absolute atomic E-state index is 10.8. The summed E-state index contributed by atoms with van der Waals surface area (Å²) in [5, 5.41) is 0. The standard InChI is InChI=1S/C11H12OSe/c1-9(12)8-10(2)13-11-6-4-3-5-7-11/h3-8H,1-2H3/b10-8-. The van der Waals surface area contributed by atoms with Crippen molar-refractivity contribution in [2.24, 2.45) is 0 Å². The fourth-order valence-electron chi connectivity index (χ4n) is 0.990. The molecule has 0 aliphatic carbocycles. The number of allylic oxidation sites excluding steroid dienone is 2. The van der Waals surface area contributed by atoms with Gasteiger partial charge in [-0.25, -0.2) is 0 Å². The normalized spacial score (nSPS) is 11.4. The Morgan fingerprint density at radius 3 is 2.38 bits per heavy atom. The van der Waals surface area contributed by atoms with E-state index in [4.69, 9.17) is 0 Å². The molecule has 0 atom stereocenters. The summed E-state index contributed by atoms with van der Waals surface area (Å²) >= 11 is 0.299. The minimum absolute atomic E-state index is 0.135. The molecule has 0 radical (unpaired) electrons. The van der Waals surface area contributed by atoms with Gasteiger partial charge in [0.05, 0.1) is 0 Å². The zero-order valence-electron chi connectivity index (χ0n) is 7.78. The topological polar surface area (TPSA) is 17.1 Å². The van der Waals surface area contributed by atoms with Gasteiger partial charge < -0.3 is 0 Å². The molecule has 0 N–H and O–H groups in total. The molecule has 0 aliphatic heterocycles. The molecule has 0 amide bonds. The van der Waals surface area contributed by atoms with Gasteiger partial charge in [0, 0.05) is 0 Å². The molecule has 68 valence electrons. The predicted octanol–water partition coefficient (Wildman–Crippen LogP) is 1.51. The van der Waals surface area contributed by atoms with E-state index in [0.717, 1.165) is 0 Å². The third-order valence-electron chi connectivity index (χ3n) is 1.43. The Balaban J connectivity index is 2.65. The van der Waals surface area contributed by atoms with Crippen molar-refractivity contribution in [2.75, 3.05) is 0 Å². The van der Waals surface area contributed by atoms with Crippen LogP contribution >= 0.6 is 0 Å². The first kappa shape index (κ1) is 10.2. The van der Waals surface area contributed by atoms with Gasteiger partial charge in [0.1, 0.15) is 0 Å². The van der Waals surface area contributed by atoms with Crippen LogP contribution in [0.4, 0.5) is 0 Å². The molecule has 0 saturated carbocycles. The van der Waals surface area contributed by atoms with Gasteiger partial charge >= 0.3 is 84.7 Å². The summed E-state index contributed by atoms with van der Waals surface area (Å²) in [5.41, 5.74) is 0. The Morgan fingerprint density at radius 1 is 1.23 bits per heavy atom. The van der Waals surface area contributed by atoms with E-state index >= 15 is 0 Å². The van der Waals surface area contributed by atoms with Crippen LogP contribution in [0.3, 0.4) is 0 Å². The fraction of sp³-hybridized carbons (Fsp3) is 0.182. The van der Waals surface area contributed by atoms with Crippen molar-refractivity contribution in [3.8, 4) is 0 Å². The summed E-state index contributed by atoms with van der Waals surface area (Å²) in [7, 11) is 0. The molecule has 0 bridgehead atoms. The molecule has 1 rings (SSSR count). The summed E-state index contributed by atoms with van der Waals surface area (Å²) < 4.78 is 2.48. The van der Waals surface area contributed by atoms with Crippen molar-refractivity contribution < 1.29 is 4.79 Å². The van der Waals surface area contributed by atoms with Crippen LogP contribution in [0.5, 0.6) is 0 Å². The number of hydrogen-bond acceptors (Lipinski definition) is 1. The van der Waals surface area contributed by atoms with E-state index in [9.17, 15) is 4.79 Å². The molecule has 0 saturated heterocycles. The SMILES string of the molecule is CC(=O)/C=C(/C)[Se]c1ccccc1. The molecule has 1 aromatic rings. The van der Waals surface area contributed by atoms with Crippen molar-refractivity contribution in [1.82, 2.24) is 0 Å². The second-order valence-electron chi connectivity index (χ2n) is 2.78. The quantitative estimate of drug-likeness (QED) is 0.577. The van der Waals surface area contributed by atoms with E-state index in [0.29, 0.717) is 15.0 Å². The summed E-state index contributed by atoms with van der Waals surface area (Å²) in [6.45, 7) is 3.60. The first-order chi connectivity index (χ1) is 6.18. The van der Waals surface area contributed by atoms with Gasteiger partial charge in [-0.05, 0) is 0 Å². The Morgan fingerprint density at radius 2 is 1.85 bits per heavy atom. The number of carbonyl (C=O) groups excluding carboxylic acids is 1. The number of carbonyl (C=O) groups is 1. The average Bonchev–Trinajstić information content (AvgIpc) is 2.04. The van der Waals surface area contributed by atoms with Crippen molar-refractivity contribution in [3.63, 3.8) is 0 Å². The first-order valence-corrected chi connectivity index (χ1v) is 5.81. The molecule has 13 heavy (non-hydrogen) atoms. The molecule has 0 unspecified atom stereocenters. The van der Waals surface area contributed by atoms with Gasteiger partial charge in [0.2, 0.25) is 0 Å². The molecule has 0 aliphatic rings. The molecule has 0 fully saturated rings. The van der Waals surface area contributed by atoms with Crippen molar-refractivity contribution in [2.45, 2.75) is 13.8 Å². The van der Waals surface area contributed by atoms with E-state index in [2.05, 4.69) is 12.1 Å². The Kier molecular flexibility index (Phi) is 3.94. The van der Waals surface area contributed by atoms with Gasteiger partial charge in [-0.1, -0.05) is 0 Å². The molecule has 0 heterocycles. The third-order valence-corrected chi connectivity index (χ3v) is 3.42. The summed E-state index contributed by atoms with van der Waals surface area (Å²) in [5.74, 6) is 0.135. The van der Waals surface area contributed by atoms with Crippen LogP contribution in [-0.4, -0.2) is 20.7 Å². The third kappa shape index (κ3) is 4.07. The second kappa shape index (κ2) is 5.00. The first-order valence-electron chi connectivity index (χ1n) is 4.10. The Labute approximate surface area is 85.0 Å². The molecular weight excluding hydrogens is 227 g/mol. The van der Waals surface area contributed by atoms with E-state index in [1.54, 1.807) is 13.0 Å². The van der Waals surface area contributed by atoms with Crippen LogP contribution < -0.4 is 4.46 Å².